The Morgan fingerprint density at radius 2 is 0.767 bits per heavy atom. The van der Waals surface area contributed by atoms with Crippen LogP contribution in [0.5, 0.6) is 0 Å². The molecular weight excluding hydrogens is 1200 g/mol. The molecule has 3 aliphatic heterocycles. The molecule has 35 nitrogen and oxygen atoms in total. The quantitative estimate of drug-likeness (QED) is 0.0252. The zero-order valence-corrected chi connectivity index (χ0v) is 52.2. The van der Waals surface area contributed by atoms with Crippen LogP contribution in [0.4, 0.5) is 0 Å². The normalized spacial score (nSPS) is 27.1. The van der Waals surface area contributed by atoms with Gasteiger partial charge in [-0.05, 0) is 19.8 Å². The molecule has 522 valence electrons. The molecule has 0 aliphatic carbocycles. The number of nitrogens with one attached hydrogen (secondary N) is 8. The van der Waals surface area contributed by atoms with Gasteiger partial charge in [0.1, 0.15) is 85.1 Å². The number of carbonyl (C=O) groups excluding carboxylic acids is 7. The van der Waals surface area contributed by atoms with E-state index in [0.29, 0.717) is 5.70 Å². The summed E-state index contributed by atoms with van der Waals surface area (Å²) in [6.45, 7) is 9.49. The highest BCUT2D eigenvalue weighted by Gasteiger charge is 2.47. The predicted octanol–water partition coefficient (Wildman–Crippen LogP) is -8.14. The van der Waals surface area contributed by atoms with Crippen molar-refractivity contribution in [1.29, 1.82) is 0 Å². The van der Waals surface area contributed by atoms with Crippen molar-refractivity contribution < 1.29 is 132 Å². The summed E-state index contributed by atoms with van der Waals surface area (Å²) < 4.78 is 60.7. The largest absolute Gasteiger partial charge is 0.394 e. The standard InChI is InChI=1S/C53H94N8O27.C2H6/c1-29(2)57-40-46(73)43(70)34(26-62)86-51(40)83-23-21-81-16-12-55-49(76)32(6-8-37(67)54-11-15-80-20-24-84-52-41(58-30(3)65)47(74)44(71)35(27-63)87-52)60-38(68)9-7-33(61-39(69)10-14-79-19-18-78-5)50(77)56-13-17-82-22-25-85-53-42(59-31(4)66)48(75)45(72)36(28-64)88-53;1-2/h32-36,40-48,51-53,57,62-64,70-75H,1,6-28H2,2-5H3,(H,54,67)(H,55,76)(H,56,77)(H,58,65)(H,59,66)(H,60,68)(H,61,69);1-2H3. The summed E-state index contributed by atoms with van der Waals surface area (Å²) in [6, 6.07) is -5.86. The minimum absolute atomic E-state index is 0.00541. The second-order valence-corrected chi connectivity index (χ2v) is 20.6. The Morgan fingerprint density at radius 1 is 0.433 bits per heavy atom. The van der Waals surface area contributed by atoms with E-state index < -0.39 is 172 Å². The molecule has 17 atom stereocenters. The molecular formula is C55H100N8O27. The fraction of sp³-hybridized carbons (Fsp3) is 0.836. The lowest BCUT2D eigenvalue weighted by molar-refractivity contribution is -0.272. The van der Waals surface area contributed by atoms with Gasteiger partial charge >= 0.3 is 0 Å². The molecule has 0 aromatic rings. The van der Waals surface area contributed by atoms with Gasteiger partial charge in [-0.25, -0.2) is 0 Å². The fourth-order valence-electron chi connectivity index (χ4n) is 8.99. The zero-order chi connectivity index (χ0) is 67.1. The molecule has 17 unspecified atom stereocenters. The van der Waals surface area contributed by atoms with E-state index >= 15 is 0 Å². The average molecular weight is 1310 g/mol. The second-order valence-electron chi connectivity index (χ2n) is 20.6. The van der Waals surface area contributed by atoms with Gasteiger partial charge in [-0.15, -0.1) is 0 Å². The number of aliphatic hydroxyl groups is 9. The lowest BCUT2D eigenvalue weighted by Crippen LogP contribution is -2.64. The molecule has 17 N–H and O–H groups in total. The Balaban J connectivity index is 0.0000137. The SMILES string of the molecule is C=C(C)NC1C(OCCOCCNC(=O)C(CCC(=O)NCCOCCOC2OC(CO)C(O)C(O)C2NC(C)=O)NC(=O)CCC(NC(=O)CCOCCOC)C(=O)NCCOCCOC2OC(CO)C(O)C(O)C2NC(C)=O)OC(CO)C(O)C1O.CC. The van der Waals surface area contributed by atoms with Crippen molar-refractivity contribution in [3.63, 3.8) is 0 Å². The molecule has 0 aromatic heterocycles. The van der Waals surface area contributed by atoms with Crippen LogP contribution in [-0.4, -0.2) is 317 Å². The van der Waals surface area contributed by atoms with Crippen molar-refractivity contribution in [3.8, 4) is 0 Å². The molecule has 3 fully saturated rings. The molecule has 0 spiro atoms. The molecule has 7 amide bonds. The van der Waals surface area contributed by atoms with Crippen molar-refractivity contribution in [1.82, 2.24) is 42.5 Å². The number of amides is 7. The first-order valence-electron chi connectivity index (χ1n) is 30.0. The number of allylic oxidation sites excluding steroid dienone is 1. The Hall–Kier alpha value is -4.97. The van der Waals surface area contributed by atoms with Crippen molar-refractivity contribution in [3.05, 3.63) is 12.3 Å². The van der Waals surface area contributed by atoms with Crippen LogP contribution in [0, 0.1) is 0 Å². The van der Waals surface area contributed by atoms with E-state index in [1.807, 2.05) is 13.8 Å². The maximum Gasteiger partial charge on any atom is 0.242 e. The van der Waals surface area contributed by atoms with Gasteiger partial charge in [0.2, 0.25) is 41.4 Å². The molecule has 0 aromatic carbocycles. The van der Waals surface area contributed by atoms with Crippen LogP contribution in [0.3, 0.4) is 0 Å². The Bertz CT molecular complexity index is 2100. The van der Waals surface area contributed by atoms with Gasteiger partial charge in [-0.2, -0.15) is 0 Å². The van der Waals surface area contributed by atoms with E-state index in [0.717, 1.165) is 0 Å². The molecule has 3 saturated heterocycles. The van der Waals surface area contributed by atoms with Gasteiger partial charge in [-0.3, -0.25) is 33.6 Å². The summed E-state index contributed by atoms with van der Waals surface area (Å²) in [7, 11) is 1.48. The summed E-state index contributed by atoms with van der Waals surface area (Å²) in [4.78, 5) is 90.3. The number of methoxy groups -OCH3 is 1. The molecule has 3 aliphatic rings. The Morgan fingerprint density at radius 3 is 1.12 bits per heavy atom. The average Bonchev–Trinajstić information content (AvgIpc) is 2.24. The highest BCUT2D eigenvalue weighted by molar-refractivity contribution is 5.90. The van der Waals surface area contributed by atoms with E-state index in [-0.39, 0.29) is 125 Å². The summed E-state index contributed by atoms with van der Waals surface area (Å²) in [5.74, 6) is -4.33. The van der Waals surface area contributed by atoms with Crippen LogP contribution in [0.15, 0.2) is 12.3 Å². The van der Waals surface area contributed by atoms with Crippen molar-refractivity contribution in [2.75, 3.05) is 126 Å². The first-order chi connectivity index (χ1) is 43.1. The van der Waals surface area contributed by atoms with Crippen molar-refractivity contribution >= 4 is 41.4 Å². The Kier molecular flexibility index (Phi) is 41.6. The monoisotopic (exact) mass is 1300 g/mol. The number of rotatable bonds is 44. The van der Waals surface area contributed by atoms with Crippen LogP contribution in [0.25, 0.3) is 0 Å². The fourth-order valence-corrected chi connectivity index (χ4v) is 8.99. The smallest absolute Gasteiger partial charge is 0.242 e. The molecule has 90 heavy (non-hydrogen) atoms. The van der Waals surface area contributed by atoms with Crippen LogP contribution in [-0.2, 0) is 85.7 Å². The summed E-state index contributed by atoms with van der Waals surface area (Å²) in [6.07, 6.45) is -17.3. The third-order valence-corrected chi connectivity index (χ3v) is 13.5. The van der Waals surface area contributed by atoms with E-state index in [9.17, 15) is 79.5 Å². The molecule has 0 saturated carbocycles. The van der Waals surface area contributed by atoms with Gasteiger partial charge in [0, 0.05) is 65.6 Å². The van der Waals surface area contributed by atoms with E-state index in [2.05, 4.69) is 49.1 Å². The molecule has 35 heteroatoms. The molecule has 3 rings (SSSR count). The highest BCUT2D eigenvalue weighted by atomic mass is 16.7. The lowest BCUT2D eigenvalue weighted by Gasteiger charge is -2.42. The highest BCUT2D eigenvalue weighted by Crippen LogP contribution is 2.25. The minimum atomic E-state index is -1.52. The van der Waals surface area contributed by atoms with E-state index in [4.69, 9.17) is 52.1 Å². The van der Waals surface area contributed by atoms with Crippen molar-refractivity contribution in [2.45, 2.75) is 171 Å². The molecule has 3 heterocycles. The lowest BCUT2D eigenvalue weighted by atomic mass is 9.97. The molecule has 0 radical (unpaired) electrons. The van der Waals surface area contributed by atoms with E-state index in [1.54, 1.807) is 6.92 Å². The summed E-state index contributed by atoms with van der Waals surface area (Å²) >= 11 is 0. The van der Waals surface area contributed by atoms with Gasteiger partial charge in [-0.1, -0.05) is 20.4 Å². The maximum absolute atomic E-state index is 13.7. The number of ether oxygens (including phenoxy) is 11. The predicted molar refractivity (Wildman–Crippen MR) is 311 cm³/mol. The first kappa shape index (κ1) is 81.1. The second kappa shape index (κ2) is 46.2. The van der Waals surface area contributed by atoms with E-state index in [1.165, 1.54) is 21.0 Å². The van der Waals surface area contributed by atoms with Crippen LogP contribution in [0.1, 0.15) is 66.7 Å². The number of hydrogen-bond donors (Lipinski definition) is 17. The molecule has 0 bridgehead atoms. The zero-order valence-electron chi connectivity index (χ0n) is 52.2. The number of aliphatic hydroxyl groups excluding tert-OH is 9. The summed E-state index contributed by atoms with van der Waals surface area (Å²) in [5.41, 5.74) is 0.449. The maximum atomic E-state index is 13.7. The minimum Gasteiger partial charge on any atom is -0.394 e. The van der Waals surface area contributed by atoms with Crippen LogP contribution >= 0.6 is 0 Å². The third-order valence-electron chi connectivity index (χ3n) is 13.5. The Labute approximate surface area is 523 Å². The van der Waals surface area contributed by atoms with Crippen LogP contribution in [0.2, 0.25) is 0 Å². The number of carbonyl (C=O) groups is 7. The first-order valence-corrected chi connectivity index (χ1v) is 30.0. The summed E-state index contributed by atoms with van der Waals surface area (Å²) in [5, 5.41) is 112. The number of hydrogen-bond acceptors (Lipinski definition) is 28. The van der Waals surface area contributed by atoms with Gasteiger partial charge in [0.25, 0.3) is 0 Å². The van der Waals surface area contributed by atoms with Crippen molar-refractivity contribution in [2.24, 2.45) is 0 Å². The van der Waals surface area contributed by atoms with Crippen LogP contribution < -0.4 is 42.5 Å². The topological polar surface area (TPSA) is 499 Å². The van der Waals surface area contributed by atoms with Gasteiger partial charge in [0.05, 0.1) is 99.1 Å². The third kappa shape index (κ3) is 30.2. The van der Waals surface area contributed by atoms with Gasteiger partial charge < -0.3 is 141 Å². The van der Waals surface area contributed by atoms with Gasteiger partial charge in [0.15, 0.2) is 18.9 Å².